The summed E-state index contributed by atoms with van der Waals surface area (Å²) < 4.78 is 32.7. The first kappa shape index (κ1) is 15.2. The smallest absolute Gasteiger partial charge is 0.236 e. The van der Waals surface area contributed by atoms with Gasteiger partial charge in [0.25, 0.3) is 0 Å². The summed E-state index contributed by atoms with van der Waals surface area (Å²) in [4.78, 5) is 4.20. The van der Waals surface area contributed by atoms with E-state index in [4.69, 9.17) is 4.74 Å². The van der Waals surface area contributed by atoms with E-state index in [1.165, 1.54) is 17.7 Å². The standard InChI is InChI=1S/C13H16N4O3S/c1-4-10(2)11-12(16-21(18,19)9-8-20-3)15-17-7-5-6-14-13(11)17/h4-7H,1-2,8-9H2,3H3,(H,15,16). The number of ether oxygens (including phenoxy) is 1. The van der Waals surface area contributed by atoms with Crippen molar-refractivity contribution in [2.45, 2.75) is 0 Å². The summed E-state index contributed by atoms with van der Waals surface area (Å²) >= 11 is 0. The molecule has 0 saturated heterocycles. The number of methoxy groups -OCH3 is 1. The molecule has 1 N–H and O–H groups in total. The van der Waals surface area contributed by atoms with E-state index in [-0.39, 0.29) is 18.2 Å². The maximum Gasteiger partial charge on any atom is 0.236 e. The fourth-order valence-electron chi connectivity index (χ4n) is 1.75. The number of aromatic nitrogens is 3. The van der Waals surface area contributed by atoms with Crippen LogP contribution in [0.4, 0.5) is 5.82 Å². The Hall–Kier alpha value is -2.19. The lowest BCUT2D eigenvalue weighted by Crippen LogP contribution is -2.20. The lowest BCUT2D eigenvalue weighted by Gasteiger charge is -2.07. The molecule has 0 fully saturated rings. The first-order valence-electron chi connectivity index (χ1n) is 6.13. The van der Waals surface area contributed by atoms with Crippen molar-refractivity contribution >= 4 is 27.1 Å². The molecular weight excluding hydrogens is 292 g/mol. The van der Waals surface area contributed by atoms with Crippen molar-refractivity contribution in [1.29, 1.82) is 0 Å². The van der Waals surface area contributed by atoms with Crippen molar-refractivity contribution in [3.63, 3.8) is 0 Å². The van der Waals surface area contributed by atoms with Gasteiger partial charge in [-0.1, -0.05) is 19.2 Å². The van der Waals surface area contributed by atoms with E-state index in [0.717, 1.165) is 0 Å². The number of hydrogen-bond donors (Lipinski definition) is 1. The van der Waals surface area contributed by atoms with Gasteiger partial charge in [-0.25, -0.2) is 17.9 Å². The predicted octanol–water partition coefficient (Wildman–Crippen LogP) is 1.32. The second-order valence-corrected chi connectivity index (χ2v) is 6.10. The van der Waals surface area contributed by atoms with Crippen LogP contribution in [0.5, 0.6) is 0 Å². The van der Waals surface area contributed by atoms with Crippen molar-refractivity contribution in [2.24, 2.45) is 0 Å². The lowest BCUT2D eigenvalue weighted by molar-refractivity contribution is 0.217. The average Bonchev–Trinajstić information content (AvgIpc) is 2.81. The van der Waals surface area contributed by atoms with E-state index in [1.54, 1.807) is 18.5 Å². The number of nitrogens with zero attached hydrogens (tertiary/aromatic N) is 3. The number of sulfonamides is 1. The van der Waals surface area contributed by atoms with Crippen LogP contribution >= 0.6 is 0 Å². The Morgan fingerprint density at radius 1 is 1.57 bits per heavy atom. The van der Waals surface area contributed by atoms with Crippen molar-refractivity contribution < 1.29 is 13.2 Å². The monoisotopic (exact) mass is 308 g/mol. The van der Waals surface area contributed by atoms with Crippen LogP contribution in [-0.4, -0.2) is 42.5 Å². The van der Waals surface area contributed by atoms with Crippen LogP contribution in [0.15, 0.2) is 37.7 Å². The highest BCUT2D eigenvalue weighted by molar-refractivity contribution is 7.92. The van der Waals surface area contributed by atoms with Gasteiger partial charge in [-0.05, 0) is 11.6 Å². The molecule has 7 nitrogen and oxygen atoms in total. The maximum atomic E-state index is 12.0. The SMILES string of the molecule is C=CC(=C)c1c(NS(=O)(=O)CCOC)nn2cccnc12. The third kappa shape index (κ3) is 3.29. The molecule has 0 aliphatic rings. The predicted molar refractivity (Wildman–Crippen MR) is 81.5 cm³/mol. The van der Waals surface area contributed by atoms with Crippen LogP contribution in [0.2, 0.25) is 0 Å². The van der Waals surface area contributed by atoms with Gasteiger partial charge in [-0.3, -0.25) is 4.72 Å². The van der Waals surface area contributed by atoms with Crippen molar-refractivity contribution in [2.75, 3.05) is 24.2 Å². The van der Waals surface area contributed by atoms with E-state index >= 15 is 0 Å². The number of fused-ring (bicyclic) bond motifs is 1. The summed E-state index contributed by atoms with van der Waals surface area (Å²) in [6, 6.07) is 1.70. The minimum Gasteiger partial charge on any atom is -0.384 e. The highest BCUT2D eigenvalue weighted by Crippen LogP contribution is 2.27. The van der Waals surface area contributed by atoms with Crippen molar-refractivity contribution in [3.8, 4) is 0 Å². The van der Waals surface area contributed by atoms with Crippen LogP contribution in [0.25, 0.3) is 11.2 Å². The van der Waals surface area contributed by atoms with Gasteiger partial charge in [-0.2, -0.15) is 0 Å². The number of rotatable bonds is 7. The van der Waals surface area contributed by atoms with E-state index in [1.807, 2.05) is 0 Å². The van der Waals surface area contributed by atoms with E-state index in [0.29, 0.717) is 16.8 Å². The quantitative estimate of drug-likeness (QED) is 0.780. The Labute approximate surface area is 123 Å². The highest BCUT2D eigenvalue weighted by atomic mass is 32.2. The highest BCUT2D eigenvalue weighted by Gasteiger charge is 2.20. The fourth-order valence-corrected chi connectivity index (χ4v) is 2.67. The minimum atomic E-state index is -3.56. The second-order valence-electron chi connectivity index (χ2n) is 4.25. The number of anilines is 1. The van der Waals surface area contributed by atoms with E-state index < -0.39 is 10.0 Å². The van der Waals surface area contributed by atoms with E-state index in [2.05, 4.69) is 28.0 Å². The molecule has 21 heavy (non-hydrogen) atoms. The Morgan fingerprint density at radius 2 is 2.33 bits per heavy atom. The first-order valence-corrected chi connectivity index (χ1v) is 7.78. The molecule has 0 bridgehead atoms. The fraction of sp³-hybridized carbons (Fsp3) is 0.231. The van der Waals surface area contributed by atoms with Crippen LogP contribution < -0.4 is 4.72 Å². The second kappa shape index (κ2) is 6.06. The van der Waals surface area contributed by atoms with Gasteiger partial charge in [0.2, 0.25) is 10.0 Å². The topological polar surface area (TPSA) is 85.6 Å². The first-order chi connectivity index (χ1) is 9.98. The lowest BCUT2D eigenvalue weighted by atomic mass is 10.1. The molecule has 0 amide bonds. The number of hydrogen-bond acceptors (Lipinski definition) is 5. The average molecular weight is 308 g/mol. The molecule has 0 radical (unpaired) electrons. The van der Waals surface area contributed by atoms with Crippen LogP contribution in [-0.2, 0) is 14.8 Å². The Morgan fingerprint density at radius 3 is 3.00 bits per heavy atom. The molecule has 0 aromatic carbocycles. The van der Waals surface area contributed by atoms with Gasteiger partial charge in [0.1, 0.15) is 0 Å². The van der Waals surface area contributed by atoms with Gasteiger partial charge in [0, 0.05) is 19.5 Å². The normalized spacial score (nSPS) is 11.5. The number of nitrogens with one attached hydrogen (secondary N) is 1. The van der Waals surface area contributed by atoms with Crippen LogP contribution in [0.3, 0.4) is 0 Å². The molecule has 8 heteroatoms. The molecular formula is C13H16N4O3S. The molecule has 0 saturated carbocycles. The molecule has 0 spiro atoms. The zero-order valence-corrected chi connectivity index (χ0v) is 12.4. The van der Waals surface area contributed by atoms with Crippen molar-refractivity contribution in [3.05, 3.63) is 43.3 Å². The summed E-state index contributed by atoms with van der Waals surface area (Å²) in [6.07, 6.45) is 4.80. The Bertz CT molecular complexity index is 780. The van der Waals surface area contributed by atoms with Gasteiger partial charge in [-0.15, -0.1) is 5.10 Å². The van der Waals surface area contributed by atoms with Crippen molar-refractivity contribution in [1.82, 2.24) is 14.6 Å². The van der Waals surface area contributed by atoms with Gasteiger partial charge < -0.3 is 4.74 Å². The zero-order valence-electron chi connectivity index (χ0n) is 11.6. The van der Waals surface area contributed by atoms with Crippen LogP contribution in [0, 0.1) is 0 Å². The largest absolute Gasteiger partial charge is 0.384 e. The summed E-state index contributed by atoms with van der Waals surface area (Å²) in [5.74, 6) is 0.0138. The minimum absolute atomic E-state index is 0.0959. The molecule has 2 aromatic rings. The van der Waals surface area contributed by atoms with E-state index in [9.17, 15) is 8.42 Å². The molecule has 2 heterocycles. The molecule has 2 aromatic heterocycles. The summed E-state index contributed by atoms with van der Waals surface area (Å²) in [7, 11) is -2.12. The summed E-state index contributed by atoms with van der Waals surface area (Å²) in [6.45, 7) is 7.59. The molecule has 0 aliphatic heterocycles. The summed E-state index contributed by atoms with van der Waals surface area (Å²) in [5, 5.41) is 4.19. The molecule has 0 atom stereocenters. The van der Waals surface area contributed by atoms with Gasteiger partial charge in [0.05, 0.1) is 17.9 Å². The summed E-state index contributed by atoms with van der Waals surface area (Å²) in [5.41, 5.74) is 1.55. The molecule has 112 valence electrons. The molecule has 0 unspecified atom stereocenters. The Balaban J connectivity index is 2.48. The van der Waals surface area contributed by atoms with Crippen LogP contribution in [0.1, 0.15) is 5.56 Å². The van der Waals surface area contributed by atoms with Gasteiger partial charge >= 0.3 is 0 Å². The molecule has 0 aliphatic carbocycles. The van der Waals surface area contributed by atoms with Gasteiger partial charge in [0.15, 0.2) is 11.5 Å². The zero-order chi connectivity index (χ0) is 15.5. The third-order valence-electron chi connectivity index (χ3n) is 2.77. The number of allylic oxidation sites excluding steroid dienone is 2. The third-order valence-corrected chi connectivity index (χ3v) is 3.98. The maximum absolute atomic E-state index is 12.0. The Kier molecular flexibility index (Phi) is 4.39. The molecule has 2 rings (SSSR count).